The van der Waals surface area contributed by atoms with E-state index in [-0.39, 0.29) is 54.8 Å². The van der Waals surface area contributed by atoms with Crippen molar-refractivity contribution in [2.75, 3.05) is 26.7 Å². The van der Waals surface area contributed by atoms with Crippen LogP contribution in [0.25, 0.3) is 0 Å². The number of piperidine rings is 1. The Kier molecular flexibility index (Phi) is 13.3. The smallest absolute Gasteiger partial charge is 0.315 e. The standard InChI is InChI=1S/C37H57N7O7S/c1-12-14-17-24(29(45)32(47)39-19-13-2)40-31(46)28-27-23(37(27,9)10)21-44(28)33(48)30(36(6,7)8)42-34(49)41-25(35(3,4)5)22-43(11)52(50,51)26-18-15-16-20-38-26/h1,13,15-16,18,20,23-25,27-30,45H,2,14,17,19,21-22H2,3-11H3,(H,39,47)(H,40,46)(H2,41,42,49)/t23-,24?,25+,27-,28-,29?,30+/m0/s1. The third-order valence-electron chi connectivity index (χ3n) is 10.2. The largest absolute Gasteiger partial charge is 0.381 e. The fourth-order valence-corrected chi connectivity index (χ4v) is 7.89. The van der Waals surface area contributed by atoms with Crippen molar-refractivity contribution in [1.82, 2.24) is 35.5 Å². The highest BCUT2D eigenvalue weighted by molar-refractivity contribution is 7.89. The van der Waals surface area contributed by atoms with Gasteiger partial charge in [0, 0.05) is 45.3 Å². The molecule has 0 aromatic carbocycles. The van der Waals surface area contributed by atoms with Gasteiger partial charge >= 0.3 is 6.03 Å². The molecule has 15 heteroatoms. The molecule has 1 saturated carbocycles. The first-order valence-electron chi connectivity index (χ1n) is 17.6. The minimum absolute atomic E-state index is 0.0217. The molecule has 3 rings (SSSR count). The van der Waals surface area contributed by atoms with Crippen LogP contribution in [-0.2, 0) is 24.4 Å². The van der Waals surface area contributed by atoms with Gasteiger partial charge in [-0.3, -0.25) is 14.4 Å². The molecule has 1 aliphatic carbocycles. The van der Waals surface area contributed by atoms with Crippen molar-refractivity contribution in [2.24, 2.45) is 28.1 Å². The lowest BCUT2D eigenvalue weighted by Gasteiger charge is -2.39. The fraction of sp³-hybridized carbons (Fsp3) is 0.649. The van der Waals surface area contributed by atoms with E-state index in [1.807, 2.05) is 34.6 Å². The number of pyridine rings is 1. The van der Waals surface area contributed by atoms with Crippen LogP contribution in [0.3, 0.4) is 0 Å². The molecular formula is C37H57N7O7S. The number of carbonyl (C=O) groups is 4. The Balaban J connectivity index is 1.84. The number of fused-ring (bicyclic) bond motifs is 1. The molecule has 2 heterocycles. The first-order valence-corrected chi connectivity index (χ1v) is 19.0. The topological polar surface area (TPSA) is 190 Å². The summed E-state index contributed by atoms with van der Waals surface area (Å²) in [5.41, 5.74) is -1.64. The molecule has 2 aliphatic rings. The van der Waals surface area contributed by atoms with Gasteiger partial charge in [-0.2, -0.15) is 4.31 Å². The number of terminal acetylenes is 1. The number of aromatic nitrogens is 1. The van der Waals surface area contributed by atoms with E-state index in [1.165, 1.54) is 30.3 Å². The van der Waals surface area contributed by atoms with Gasteiger partial charge in [-0.15, -0.1) is 18.9 Å². The quantitative estimate of drug-likeness (QED) is 0.133. The second kappa shape index (κ2) is 16.3. The number of hydrogen-bond donors (Lipinski definition) is 5. The van der Waals surface area contributed by atoms with Crippen LogP contribution in [0.15, 0.2) is 42.1 Å². The number of nitrogens with one attached hydrogen (secondary N) is 4. The second-order valence-corrected chi connectivity index (χ2v) is 18.5. The van der Waals surface area contributed by atoms with Crippen molar-refractivity contribution in [3.8, 4) is 12.3 Å². The van der Waals surface area contributed by atoms with Crippen LogP contribution >= 0.6 is 0 Å². The van der Waals surface area contributed by atoms with Crippen LogP contribution < -0.4 is 21.3 Å². The lowest BCUT2D eigenvalue weighted by atomic mass is 9.85. The number of sulfonamides is 1. The number of aliphatic hydroxyl groups is 1. The zero-order valence-electron chi connectivity index (χ0n) is 31.9. The molecule has 0 radical (unpaired) electrons. The molecule has 5 N–H and O–H groups in total. The van der Waals surface area contributed by atoms with E-state index in [4.69, 9.17) is 6.42 Å². The average Bonchev–Trinajstić information content (AvgIpc) is 3.37. The third kappa shape index (κ3) is 9.70. The maximum atomic E-state index is 14.4. The summed E-state index contributed by atoms with van der Waals surface area (Å²) in [6.45, 7) is 18.9. The molecule has 1 saturated heterocycles. The van der Waals surface area contributed by atoms with Crippen molar-refractivity contribution >= 4 is 33.8 Å². The SMILES string of the molecule is C#CCCC(NC(=O)[C@@H]1[C@@H]2[C@H](CN1C(=O)[C@@H](NC(=O)N[C@H](CN(C)S(=O)(=O)c1ccccn1)C(C)(C)C)C(C)(C)C)C2(C)C)C(O)C(=O)NCC=C. The van der Waals surface area contributed by atoms with E-state index in [1.54, 1.807) is 32.9 Å². The van der Waals surface area contributed by atoms with Gasteiger partial charge in [0.05, 0.1) is 6.04 Å². The highest BCUT2D eigenvalue weighted by Crippen LogP contribution is 2.65. The number of nitrogens with zero attached hydrogens (tertiary/aromatic N) is 3. The normalized spacial score (nSPS) is 21.8. The Hall–Kier alpha value is -4.00. The Morgan fingerprint density at radius 1 is 1.13 bits per heavy atom. The van der Waals surface area contributed by atoms with Gasteiger partial charge in [-0.05, 0) is 46.6 Å². The van der Waals surface area contributed by atoms with E-state index < -0.39 is 74.9 Å². The van der Waals surface area contributed by atoms with Gasteiger partial charge in [0.25, 0.3) is 15.9 Å². The molecule has 1 aromatic rings. The molecule has 2 fully saturated rings. The van der Waals surface area contributed by atoms with Crippen LogP contribution in [0.5, 0.6) is 0 Å². The Morgan fingerprint density at radius 2 is 1.79 bits per heavy atom. The number of likely N-dealkylation sites (N-methyl/N-ethyl adjacent to an activating group) is 1. The second-order valence-electron chi connectivity index (χ2n) is 16.5. The van der Waals surface area contributed by atoms with Crippen molar-refractivity contribution < 1.29 is 32.7 Å². The Labute approximate surface area is 309 Å². The van der Waals surface area contributed by atoms with Gasteiger partial charge in [0.2, 0.25) is 11.8 Å². The minimum Gasteiger partial charge on any atom is -0.381 e. The van der Waals surface area contributed by atoms with Crippen molar-refractivity contribution in [3.05, 3.63) is 37.1 Å². The summed E-state index contributed by atoms with van der Waals surface area (Å²) in [7, 11) is -2.54. The molecule has 52 heavy (non-hydrogen) atoms. The molecular weight excluding hydrogens is 687 g/mol. The van der Waals surface area contributed by atoms with Gasteiger partial charge in [-0.1, -0.05) is 67.5 Å². The molecule has 0 spiro atoms. The summed E-state index contributed by atoms with van der Waals surface area (Å²) in [4.78, 5) is 60.3. The lowest BCUT2D eigenvalue weighted by Crippen LogP contribution is -2.63. The van der Waals surface area contributed by atoms with Crippen molar-refractivity contribution in [1.29, 1.82) is 0 Å². The first kappa shape index (κ1) is 42.4. The summed E-state index contributed by atoms with van der Waals surface area (Å²) in [6, 6.07) is 0.224. The van der Waals surface area contributed by atoms with Crippen molar-refractivity contribution in [3.63, 3.8) is 0 Å². The third-order valence-corrected chi connectivity index (χ3v) is 12.0. The maximum absolute atomic E-state index is 14.4. The number of carbonyl (C=O) groups excluding carboxylic acids is 4. The number of likely N-dealkylation sites (tertiary alicyclic amines) is 1. The monoisotopic (exact) mass is 743 g/mol. The number of hydrogen-bond acceptors (Lipinski definition) is 8. The van der Waals surface area contributed by atoms with Gasteiger partial charge in [0.15, 0.2) is 11.1 Å². The number of urea groups is 1. The van der Waals surface area contributed by atoms with E-state index in [2.05, 4.69) is 38.8 Å². The summed E-state index contributed by atoms with van der Waals surface area (Å²) in [6.07, 6.45) is 7.04. The van der Waals surface area contributed by atoms with E-state index >= 15 is 0 Å². The zero-order chi connectivity index (χ0) is 39.4. The van der Waals surface area contributed by atoms with Crippen LogP contribution in [0.1, 0.15) is 68.2 Å². The lowest BCUT2D eigenvalue weighted by molar-refractivity contribution is -0.144. The molecule has 2 unspecified atom stereocenters. The number of rotatable bonds is 15. The first-order chi connectivity index (χ1) is 24.0. The molecule has 1 aliphatic heterocycles. The van der Waals surface area contributed by atoms with Crippen LogP contribution in [-0.4, -0.2) is 108 Å². The molecule has 0 bridgehead atoms. The van der Waals surface area contributed by atoms with E-state index in [0.29, 0.717) is 0 Å². The molecule has 14 nitrogen and oxygen atoms in total. The molecule has 7 atom stereocenters. The highest BCUT2D eigenvalue weighted by atomic mass is 32.2. The zero-order valence-corrected chi connectivity index (χ0v) is 32.7. The van der Waals surface area contributed by atoms with Gasteiger partial charge in [0.1, 0.15) is 12.1 Å². The Bertz CT molecular complexity index is 1630. The fourth-order valence-electron chi connectivity index (χ4n) is 6.79. The van der Waals surface area contributed by atoms with Crippen molar-refractivity contribution in [2.45, 2.75) is 104 Å². The minimum atomic E-state index is -3.95. The molecule has 288 valence electrons. The predicted octanol–water partition coefficient (Wildman–Crippen LogP) is 1.88. The van der Waals surface area contributed by atoms with Crippen LogP contribution in [0.2, 0.25) is 0 Å². The van der Waals surface area contributed by atoms with E-state index in [9.17, 15) is 32.7 Å². The summed E-state index contributed by atoms with van der Waals surface area (Å²) >= 11 is 0. The number of amides is 5. The van der Waals surface area contributed by atoms with Gasteiger partial charge in [-0.25, -0.2) is 18.2 Å². The summed E-state index contributed by atoms with van der Waals surface area (Å²) < 4.78 is 27.6. The molecule has 1 aromatic heterocycles. The summed E-state index contributed by atoms with van der Waals surface area (Å²) in [5, 5.41) is 21.8. The Morgan fingerprint density at radius 3 is 2.33 bits per heavy atom. The maximum Gasteiger partial charge on any atom is 0.315 e. The van der Waals surface area contributed by atoms with Gasteiger partial charge < -0.3 is 31.3 Å². The van der Waals surface area contributed by atoms with Crippen LogP contribution in [0.4, 0.5) is 4.79 Å². The van der Waals surface area contributed by atoms with E-state index in [0.717, 1.165) is 4.31 Å². The number of aliphatic hydroxyl groups excluding tert-OH is 1. The summed E-state index contributed by atoms with van der Waals surface area (Å²) in [5.74, 6) is 0.636. The predicted molar refractivity (Wildman–Crippen MR) is 198 cm³/mol. The highest BCUT2D eigenvalue weighted by Gasteiger charge is 2.70. The molecule has 5 amide bonds. The van der Waals surface area contributed by atoms with Crippen LogP contribution in [0, 0.1) is 40.4 Å². The average molecular weight is 744 g/mol.